The van der Waals surface area contributed by atoms with E-state index in [9.17, 15) is 9.90 Å². The van der Waals surface area contributed by atoms with Crippen LogP contribution >= 0.6 is 0 Å². The van der Waals surface area contributed by atoms with Crippen molar-refractivity contribution in [3.63, 3.8) is 0 Å². The zero-order valence-electron chi connectivity index (χ0n) is 17.1. The van der Waals surface area contributed by atoms with Crippen LogP contribution in [0.25, 0.3) is 28.7 Å². The molecule has 150 valence electrons. The van der Waals surface area contributed by atoms with Crippen LogP contribution in [0.5, 0.6) is 11.5 Å². The molecule has 0 fully saturated rings. The predicted octanol–water partition coefficient (Wildman–Crippen LogP) is 4.89. The third kappa shape index (κ3) is 3.35. The van der Waals surface area contributed by atoms with Crippen molar-refractivity contribution in [3.8, 4) is 17.2 Å². The Morgan fingerprint density at radius 3 is 2.53 bits per heavy atom. The fourth-order valence-electron chi connectivity index (χ4n) is 3.48. The van der Waals surface area contributed by atoms with Crippen LogP contribution in [-0.4, -0.2) is 21.8 Å². The minimum atomic E-state index is -0.135. The second kappa shape index (κ2) is 7.87. The second-order valence-corrected chi connectivity index (χ2v) is 7.08. The molecule has 0 radical (unpaired) electrons. The summed E-state index contributed by atoms with van der Waals surface area (Å²) in [7, 11) is 1.51. The van der Waals surface area contributed by atoms with Crippen LogP contribution in [0, 0.1) is 13.8 Å². The van der Waals surface area contributed by atoms with Gasteiger partial charge in [-0.05, 0) is 61.4 Å². The number of rotatable bonds is 4. The summed E-state index contributed by atoms with van der Waals surface area (Å²) in [6, 6.07) is 18.4. The molecule has 0 saturated carbocycles. The topological polar surface area (TPSA) is 64.3 Å². The Labute approximate surface area is 174 Å². The number of phenolic OH excluding ortho intramolecular Hbond substituents is 1. The van der Waals surface area contributed by atoms with E-state index < -0.39 is 0 Å². The van der Waals surface area contributed by atoms with E-state index >= 15 is 0 Å². The summed E-state index contributed by atoms with van der Waals surface area (Å²) in [6.45, 7) is 4.01. The van der Waals surface area contributed by atoms with Crippen LogP contribution in [0.1, 0.15) is 22.5 Å². The molecular weight excluding hydrogens is 376 g/mol. The third-order valence-electron chi connectivity index (χ3n) is 5.28. The number of phenols is 1. The van der Waals surface area contributed by atoms with Crippen molar-refractivity contribution >= 4 is 23.1 Å². The number of ether oxygens (including phenoxy) is 1. The van der Waals surface area contributed by atoms with Gasteiger partial charge < -0.3 is 9.84 Å². The van der Waals surface area contributed by atoms with E-state index in [0.29, 0.717) is 28.0 Å². The maximum absolute atomic E-state index is 13.4. The molecular formula is C25H22N2O3. The molecule has 1 N–H and O–H groups in total. The highest BCUT2D eigenvalue weighted by molar-refractivity contribution is 5.80. The zero-order valence-corrected chi connectivity index (χ0v) is 17.1. The number of aromatic hydroxyl groups is 1. The van der Waals surface area contributed by atoms with E-state index in [0.717, 1.165) is 16.8 Å². The number of methoxy groups -OCH3 is 1. The fraction of sp³-hybridized carbons (Fsp3) is 0.120. The van der Waals surface area contributed by atoms with Gasteiger partial charge in [-0.15, -0.1) is 0 Å². The largest absolute Gasteiger partial charge is 0.504 e. The maximum Gasteiger partial charge on any atom is 0.266 e. The molecule has 0 atom stereocenters. The lowest BCUT2D eigenvalue weighted by Crippen LogP contribution is -2.23. The number of hydrogen-bond acceptors (Lipinski definition) is 4. The van der Waals surface area contributed by atoms with Gasteiger partial charge in [0.25, 0.3) is 5.56 Å². The third-order valence-corrected chi connectivity index (χ3v) is 5.28. The van der Waals surface area contributed by atoms with Crippen molar-refractivity contribution in [1.82, 2.24) is 9.55 Å². The zero-order chi connectivity index (χ0) is 21.3. The van der Waals surface area contributed by atoms with Crippen molar-refractivity contribution in [2.75, 3.05) is 7.11 Å². The van der Waals surface area contributed by atoms with Crippen molar-refractivity contribution in [2.24, 2.45) is 0 Å². The molecule has 0 amide bonds. The average Bonchev–Trinajstić information content (AvgIpc) is 2.75. The Morgan fingerprint density at radius 2 is 1.73 bits per heavy atom. The standard InChI is InChI=1S/C25H22N2O3/c1-16-8-6-12-21(17(16)2)27-23(26-20-11-5-4-10-19(20)25(27)29)15-14-18-9-7-13-22(30-3)24(18)28/h4-15,28H,1-3H3/b15-14-. The Bertz CT molecular complexity index is 1340. The quantitative estimate of drug-likeness (QED) is 0.532. The molecule has 0 bridgehead atoms. The number of aromatic nitrogens is 2. The molecule has 0 aliphatic carbocycles. The van der Waals surface area contributed by atoms with E-state index in [1.165, 1.54) is 7.11 Å². The van der Waals surface area contributed by atoms with Crippen molar-refractivity contribution in [1.29, 1.82) is 0 Å². The van der Waals surface area contributed by atoms with Gasteiger partial charge in [-0.25, -0.2) is 4.98 Å². The fourth-order valence-corrected chi connectivity index (χ4v) is 3.48. The Balaban J connectivity index is 1.97. The number of benzene rings is 3. The van der Waals surface area contributed by atoms with Gasteiger partial charge in [-0.2, -0.15) is 0 Å². The monoisotopic (exact) mass is 398 g/mol. The van der Waals surface area contributed by atoms with Gasteiger partial charge in [0.2, 0.25) is 0 Å². The lowest BCUT2D eigenvalue weighted by atomic mass is 10.1. The SMILES string of the molecule is COc1cccc(/C=C\c2nc3ccccc3c(=O)n2-c2cccc(C)c2C)c1O. The number of aryl methyl sites for hydroxylation is 1. The van der Waals surface area contributed by atoms with Crippen LogP contribution < -0.4 is 10.3 Å². The first-order chi connectivity index (χ1) is 14.5. The molecule has 4 rings (SSSR count). The lowest BCUT2D eigenvalue weighted by molar-refractivity contribution is 0.373. The molecule has 0 saturated heterocycles. The normalized spacial score (nSPS) is 11.3. The molecule has 5 nitrogen and oxygen atoms in total. The molecule has 0 aliphatic rings. The van der Waals surface area contributed by atoms with Crippen LogP contribution in [0.4, 0.5) is 0 Å². The van der Waals surface area contributed by atoms with Crippen molar-refractivity contribution < 1.29 is 9.84 Å². The van der Waals surface area contributed by atoms with E-state index in [2.05, 4.69) is 0 Å². The highest BCUT2D eigenvalue weighted by Crippen LogP contribution is 2.30. The van der Waals surface area contributed by atoms with Gasteiger partial charge in [0.05, 0.1) is 23.7 Å². The molecule has 0 spiro atoms. The first kappa shape index (κ1) is 19.5. The highest BCUT2D eigenvalue weighted by Gasteiger charge is 2.14. The molecule has 0 aliphatic heterocycles. The molecule has 1 heterocycles. The molecule has 5 heteroatoms. The summed E-state index contributed by atoms with van der Waals surface area (Å²) < 4.78 is 6.81. The Kier molecular flexibility index (Phi) is 5.11. The molecule has 0 unspecified atom stereocenters. The van der Waals surface area contributed by atoms with E-state index in [-0.39, 0.29) is 11.3 Å². The van der Waals surface area contributed by atoms with Gasteiger partial charge in [-0.1, -0.05) is 36.4 Å². The molecule has 30 heavy (non-hydrogen) atoms. The summed E-state index contributed by atoms with van der Waals surface area (Å²) in [5.74, 6) is 0.905. The second-order valence-electron chi connectivity index (χ2n) is 7.08. The number of hydrogen-bond donors (Lipinski definition) is 1. The van der Waals surface area contributed by atoms with Crippen molar-refractivity contribution in [3.05, 3.63) is 93.5 Å². The van der Waals surface area contributed by atoms with E-state index in [1.807, 2.05) is 50.2 Å². The summed E-state index contributed by atoms with van der Waals surface area (Å²) in [4.78, 5) is 18.1. The Morgan fingerprint density at radius 1 is 0.967 bits per heavy atom. The number of nitrogens with zero attached hydrogens (tertiary/aromatic N) is 2. The van der Waals surface area contributed by atoms with Gasteiger partial charge in [0, 0.05) is 5.56 Å². The molecule has 3 aromatic carbocycles. The summed E-state index contributed by atoms with van der Waals surface area (Å²) >= 11 is 0. The number of para-hydroxylation sites is 2. The van der Waals surface area contributed by atoms with Crippen LogP contribution in [0.3, 0.4) is 0 Å². The van der Waals surface area contributed by atoms with Gasteiger partial charge >= 0.3 is 0 Å². The summed E-state index contributed by atoms with van der Waals surface area (Å²) in [6.07, 6.45) is 3.47. The van der Waals surface area contributed by atoms with Gasteiger partial charge in [0.1, 0.15) is 5.82 Å². The lowest BCUT2D eigenvalue weighted by Gasteiger charge is -2.15. The molecule has 4 aromatic rings. The minimum absolute atomic E-state index is 0.0395. The van der Waals surface area contributed by atoms with Crippen LogP contribution in [0.15, 0.2) is 65.5 Å². The smallest absolute Gasteiger partial charge is 0.266 e. The minimum Gasteiger partial charge on any atom is -0.504 e. The van der Waals surface area contributed by atoms with Gasteiger partial charge in [-0.3, -0.25) is 9.36 Å². The van der Waals surface area contributed by atoms with Gasteiger partial charge in [0.15, 0.2) is 11.5 Å². The predicted molar refractivity (Wildman–Crippen MR) is 120 cm³/mol. The first-order valence-corrected chi connectivity index (χ1v) is 9.63. The van der Waals surface area contributed by atoms with Crippen LogP contribution in [0.2, 0.25) is 0 Å². The summed E-state index contributed by atoms with van der Waals surface area (Å²) in [5, 5.41) is 11.0. The van der Waals surface area contributed by atoms with E-state index in [1.54, 1.807) is 41.0 Å². The average molecular weight is 398 g/mol. The van der Waals surface area contributed by atoms with Crippen molar-refractivity contribution in [2.45, 2.75) is 13.8 Å². The number of fused-ring (bicyclic) bond motifs is 1. The Hall–Kier alpha value is -3.86. The van der Waals surface area contributed by atoms with E-state index in [4.69, 9.17) is 9.72 Å². The first-order valence-electron chi connectivity index (χ1n) is 9.63. The highest BCUT2D eigenvalue weighted by atomic mass is 16.5. The maximum atomic E-state index is 13.4. The van der Waals surface area contributed by atoms with Crippen LogP contribution in [-0.2, 0) is 0 Å². The molecule has 1 aromatic heterocycles. The summed E-state index contributed by atoms with van der Waals surface area (Å²) in [5.41, 5.74) is 3.95.